The second-order valence-electron chi connectivity index (χ2n) is 15.0. The number of benzene rings is 3. The summed E-state index contributed by atoms with van der Waals surface area (Å²) in [7, 11) is 0. The molecule has 316 valence electrons. The van der Waals surface area contributed by atoms with Gasteiger partial charge >= 0.3 is 11.9 Å². The number of pyridine rings is 1. The Bertz CT molecular complexity index is 2400. The molecule has 15 heteroatoms. The van der Waals surface area contributed by atoms with Gasteiger partial charge in [0.05, 0.1) is 5.92 Å². The number of rotatable bonds is 14. The third-order valence-corrected chi connectivity index (χ3v) is 12.9. The van der Waals surface area contributed by atoms with Crippen LogP contribution in [0.1, 0.15) is 67.0 Å². The van der Waals surface area contributed by atoms with Crippen LogP contribution in [-0.4, -0.2) is 67.8 Å². The van der Waals surface area contributed by atoms with Crippen molar-refractivity contribution in [1.29, 1.82) is 0 Å². The molecule has 0 bridgehead atoms. The zero-order valence-electron chi connectivity index (χ0n) is 33.8. The average Bonchev–Trinajstić information content (AvgIpc) is 3.75. The lowest BCUT2D eigenvalue weighted by atomic mass is 9.80. The molecule has 62 heavy (non-hydrogen) atoms. The van der Waals surface area contributed by atoms with Crippen LogP contribution in [0.4, 0.5) is 5.13 Å². The Morgan fingerprint density at radius 2 is 1.53 bits per heavy atom. The van der Waals surface area contributed by atoms with Crippen LogP contribution in [0.2, 0.25) is 0 Å². The van der Waals surface area contributed by atoms with Gasteiger partial charge in [0.1, 0.15) is 22.8 Å². The van der Waals surface area contributed by atoms with Crippen molar-refractivity contribution in [1.82, 2.24) is 20.2 Å². The number of β-lactam (4-membered cyclic amide) rings is 1. The summed E-state index contributed by atoms with van der Waals surface area (Å²) in [5.74, 6) is -2.49. The number of nitrogens with zero attached hydrogens (tertiary/aromatic N) is 4. The van der Waals surface area contributed by atoms with E-state index in [-0.39, 0.29) is 28.2 Å². The minimum absolute atomic E-state index is 0.00665. The molecule has 1 saturated carbocycles. The monoisotopic (exact) mass is 868 g/mol. The first kappa shape index (κ1) is 42.1. The highest BCUT2D eigenvalue weighted by molar-refractivity contribution is 8.00. The highest BCUT2D eigenvalue weighted by Gasteiger charge is 2.55. The summed E-state index contributed by atoms with van der Waals surface area (Å²) in [6.45, 7) is 1.48. The predicted molar refractivity (Wildman–Crippen MR) is 237 cm³/mol. The first-order chi connectivity index (χ1) is 30.2. The maximum Gasteiger partial charge on any atom is 0.358 e. The zero-order chi connectivity index (χ0) is 43.1. The molecule has 3 aliphatic rings. The smallest absolute Gasteiger partial charge is 0.358 e. The largest absolute Gasteiger partial charge is 0.425 e. The third kappa shape index (κ3) is 8.90. The molecule has 1 aliphatic carbocycles. The topological polar surface area (TPSA) is 175 Å². The lowest BCUT2D eigenvalue weighted by Crippen LogP contribution is -2.71. The van der Waals surface area contributed by atoms with Crippen molar-refractivity contribution < 1.29 is 33.5 Å². The molecule has 5 aromatic rings. The van der Waals surface area contributed by atoms with Gasteiger partial charge in [-0.05, 0) is 30.0 Å². The van der Waals surface area contributed by atoms with E-state index in [0.717, 1.165) is 65.7 Å². The summed E-state index contributed by atoms with van der Waals surface area (Å²) < 4.78 is 11.3. The number of fused-ring (bicyclic) bond motifs is 1. The van der Waals surface area contributed by atoms with Crippen molar-refractivity contribution in [3.05, 3.63) is 166 Å². The van der Waals surface area contributed by atoms with Crippen molar-refractivity contribution in [2.24, 2.45) is 11.1 Å². The summed E-state index contributed by atoms with van der Waals surface area (Å²) in [4.78, 5) is 72.1. The van der Waals surface area contributed by atoms with Crippen LogP contribution >= 0.6 is 23.1 Å². The van der Waals surface area contributed by atoms with Gasteiger partial charge in [-0.15, -0.1) is 23.1 Å². The van der Waals surface area contributed by atoms with Gasteiger partial charge in [-0.2, -0.15) is 0 Å². The van der Waals surface area contributed by atoms with E-state index in [0.29, 0.717) is 11.3 Å². The maximum absolute atomic E-state index is 14.5. The molecule has 2 aliphatic heterocycles. The number of hydrogen-bond acceptors (Lipinski definition) is 13. The molecule has 1 saturated heterocycles. The lowest BCUT2D eigenvalue weighted by Gasteiger charge is -2.49. The van der Waals surface area contributed by atoms with E-state index in [1.807, 2.05) is 97.1 Å². The summed E-state index contributed by atoms with van der Waals surface area (Å²) in [6, 6.07) is 31.2. The molecule has 8 rings (SSSR count). The second kappa shape index (κ2) is 19.0. The molecule has 2 aromatic heterocycles. The number of thioether (sulfide) groups is 1. The molecule has 4 heterocycles. The van der Waals surface area contributed by atoms with E-state index >= 15 is 0 Å². The fraction of sp³-hybridized carbons (Fsp3) is 0.255. The molecule has 0 spiro atoms. The van der Waals surface area contributed by atoms with Crippen LogP contribution in [-0.2, 0) is 39.1 Å². The van der Waals surface area contributed by atoms with Crippen molar-refractivity contribution in [3.63, 3.8) is 0 Å². The number of thiazole rings is 1. The maximum atomic E-state index is 14.5. The standard InChI is InChI=1S/C47H44N6O7S2/c1-30(58-44(56)32-16-6-2-7-17-32)59-45(57)40-33(25-24-31-15-14-26-49-27-31)28-61-43-39(42(55)53(40)43)51-41(54)38(37-29-62-46(48)50-37)52-60-47(34-18-8-3-9-19-34,35-20-10-4-11-21-35)36-22-12-5-13-23-36/h3-5,8-15,18-27,29-30,32,39,43H,2,6-7,16-17,28H2,1H3,(H2,48,50)(H,51,54)/b25-24-,52-38?/t30?,39-,43+/m1/s1. The molecular weight excluding hydrogens is 825 g/mol. The molecule has 3 atom stereocenters. The molecule has 13 nitrogen and oxygen atoms in total. The quantitative estimate of drug-likeness (QED) is 0.0288. The number of carbonyl (C=O) groups excluding carboxylic acids is 4. The molecular formula is C47H44N6O7S2. The Labute approximate surface area is 367 Å². The van der Waals surface area contributed by atoms with Gasteiger partial charge in [0.15, 0.2) is 10.8 Å². The number of ether oxygens (including phenoxy) is 2. The fourth-order valence-corrected chi connectivity index (χ4v) is 9.73. The van der Waals surface area contributed by atoms with Gasteiger partial charge in [-0.1, -0.05) is 134 Å². The number of nitrogen functional groups attached to an aromatic ring is 1. The van der Waals surface area contributed by atoms with E-state index in [1.165, 1.54) is 23.6 Å². The Morgan fingerprint density at radius 3 is 2.11 bits per heavy atom. The lowest BCUT2D eigenvalue weighted by molar-refractivity contribution is -0.187. The number of anilines is 1. The van der Waals surface area contributed by atoms with Gasteiger partial charge in [-0.3, -0.25) is 24.3 Å². The summed E-state index contributed by atoms with van der Waals surface area (Å²) in [5, 5.41) is 8.53. The Balaban J connectivity index is 1.08. The minimum Gasteiger partial charge on any atom is -0.425 e. The first-order valence-electron chi connectivity index (χ1n) is 20.4. The predicted octanol–water partition coefficient (Wildman–Crippen LogP) is 7.21. The van der Waals surface area contributed by atoms with Gasteiger partial charge in [0, 0.05) is 47.1 Å². The van der Waals surface area contributed by atoms with E-state index in [9.17, 15) is 19.2 Å². The van der Waals surface area contributed by atoms with Crippen LogP contribution in [0.3, 0.4) is 0 Å². The highest BCUT2D eigenvalue weighted by Crippen LogP contribution is 2.43. The van der Waals surface area contributed by atoms with Crippen LogP contribution in [0.5, 0.6) is 0 Å². The summed E-state index contributed by atoms with van der Waals surface area (Å²) in [5.41, 5.74) is 8.22. The molecule has 3 N–H and O–H groups in total. The normalized spacial score (nSPS) is 18.7. The van der Waals surface area contributed by atoms with E-state index in [4.69, 9.17) is 20.0 Å². The average molecular weight is 869 g/mol. The molecule has 2 fully saturated rings. The zero-order valence-corrected chi connectivity index (χ0v) is 35.4. The number of hydrogen-bond donors (Lipinski definition) is 2. The van der Waals surface area contributed by atoms with Crippen molar-refractivity contribution in [2.75, 3.05) is 11.5 Å². The fourth-order valence-electron chi connectivity index (χ4n) is 7.86. The molecule has 1 unspecified atom stereocenters. The first-order valence-corrected chi connectivity index (χ1v) is 22.3. The van der Waals surface area contributed by atoms with Gasteiger partial charge in [0.25, 0.3) is 11.8 Å². The van der Waals surface area contributed by atoms with Crippen LogP contribution in [0.25, 0.3) is 6.08 Å². The molecule has 2 amide bonds. The Kier molecular flexibility index (Phi) is 12.9. The second-order valence-corrected chi connectivity index (χ2v) is 17.0. The van der Waals surface area contributed by atoms with E-state index in [2.05, 4.69) is 20.4 Å². The third-order valence-electron chi connectivity index (χ3n) is 10.9. The summed E-state index contributed by atoms with van der Waals surface area (Å²) >= 11 is 2.49. The minimum atomic E-state index is -1.32. The Hall–Kier alpha value is -6.58. The number of oxime groups is 1. The number of esters is 2. The molecule has 0 radical (unpaired) electrons. The van der Waals surface area contributed by atoms with Crippen LogP contribution in [0.15, 0.2) is 143 Å². The van der Waals surface area contributed by atoms with Gasteiger partial charge in [0.2, 0.25) is 11.9 Å². The van der Waals surface area contributed by atoms with E-state index < -0.39 is 47.1 Å². The van der Waals surface area contributed by atoms with Crippen LogP contribution < -0.4 is 11.1 Å². The number of aromatic nitrogens is 2. The van der Waals surface area contributed by atoms with Crippen molar-refractivity contribution in [3.8, 4) is 0 Å². The SMILES string of the molecule is CC(OC(=O)C1=C(/C=C\c2cccnc2)CS[C@H]2[C@H](NC(=O)C(=NOC(c3ccccc3)(c3ccccc3)c3ccccc3)c3csc(N)n3)C(=O)N12)OC(=O)C1CCCCC1. The number of amides is 2. The molecule has 3 aromatic carbocycles. The highest BCUT2D eigenvalue weighted by atomic mass is 32.2. The van der Waals surface area contributed by atoms with Crippen LogP contribution in [0, 0.1) is 5.92 Å². The number of nitrogens with two attached hydrogens (primary N) is 1. The number of nitrogens with one attached hydrogen (secondary N) is 1. The van der Waals surface area contributed by atoms with E-state index in [1.54, 1.807) is 36.0 Å². The number of carbonyl (C=O) groups is 4. The number of allylic oxidation sites excluding steroid dienone is 1. The van der Waals surface area contributed by atoms with Gasteiger partial charge < -0.3 is 25.4 Å². The summed E-state index contributed by atoms with van der Waals surface area (Å²) in [6.07, 6.45) is 10.1. The Morgan fingerprint density at radius 1 is 0.887 bits per heavy atom. The van der Waals surface area contributed by atoms with Crippen molar-refractivity contribution in [2.45, 2.75) is 62.3 Å². The van der Waals surface area contributed by atoms with Crippen molar-refractivity contribution >= 4 is 63.8 Å². The van der Waals surface area contributed by atoms with Gasteiger partial charge in [-0.25, -0.2) is 9.78 Å².